The van der Waals surface area contributed by atoms with E-state index in [4.69, 9.17) is 9.52 Å². The normalized spacial score (nSPS) is 23.7. The Bertz CT molecular complexity index is 509. The number of carboxylic acid groups (broad SMARTS) is 1. The Morgan fingerprint density at radius 2 is 2.04 bits per heavy atom. The lowest BCUT2D eigenvalue weighted by atomic mass is 9.86. The minimum atomic E-state index is -0.758. The van der Waals surface area contributed by atoms with Gasteiger partial charge in [0.05, 0.1) is 12.2 Å². The smallest absolute Gasteiger partial charge is 0.315 e. The number of rotatable bonds is 6. The third kappa shape index (κ3) is 5.28. The molecule has 1 aliphatic carbocycles. The average Bonchev–Trinajstić information content (AvgIpc) is 3.01. The molecule has 0 bridgehead atoms. The van der Waals surface area contributed by atoms with Gasteiger partial charge in [-0.15, -0.1) is 0 Å². The molecule has 7 nitrogen and oxygen atoms in total. The first-order valence-corrected chi connectivity index (χ1v) is 7.97. The fraction of sp³-hybridized carbons (Fsp3) is 0.625. The lowest BCUT2D eigenvalue weighted by Gasteiger charge is -2.27. The van der Waals surface area contributed by atoms with Gasteiger partial charge in [0, 0.05) is 18.5 Å². The van der Waals surface area contributed by atoms with Crippen LogP contribution >= 0.6 is 0 Å². The second-order valence-corrected chi connectivity index (χ2v) is 6.17. The lowest BCUT2D eigenvalue weighted by molar-refractivity contribution is -0.142. The molecule has 0 saturated heterocycles. The van der Waals surface area contributed by atoms with Crippen LogP contribution in [0.3, 0.4) is 0 Å². The summed E-state index contributed by atoms with van der Waals surface area (Å²) in [5.74, 6) is -0.571. The summed E-state index contributed by atoms with van der Waals surface area (Å²) in [6.07, 6.45) is 3.62. The van der Waals surface area contributed by atoms with Crippen molar-refractivity contribution in [2.75, 3.05) is 0 Å². The van der Waals surface area contributed by atoms with Gasteiger partial charge < -0.3 is 25.3 Å². The number of hydrogen-bond acceptors (Lipinski definition) is 4. The lowest BCUT2D eigenvalue weighted by Crippen LogP contribution is -2.47. The molecule has 1 aromatic rings. The highest BCUT2D eigenvalue weighted by Crippen LogP contribution is 2.24. The molecule has 23 heavy (non-hydrogen) atoms. The van der Waals surface area contributed by atoms with Gasteiger partial charge in [-0.2, -0.15) is 0 Å². The Labute approximate surface area is 135 Å². The quantitative estimate of drug-likeness (QED) is 0.640. The number of carboxylic acids is 1. The van der Waals surface area contributed by atoms with Crippen LogP contribution in [0.4, 0.5) is 4.79 Å². The highest BCUT2D eigenvalue weighted by molar-refractivity contribution is 5.74. The second-order valence-electron chi connectivity index (χ2n) is 6.17. The van der Waals surface area contributed by atoms with Gasteiger partial charge in [0.25, 0.3) is 0 Å². The van der Waals surface area contributed by atoms with E-state index in [0.717, 1.165) is 0 Å². The number of hydrogen-bond donors (Lipinski definition) is 4. The number of furan rings is 1. The number of aliphatic hydroxyl groups is 1. The molecule has 0 spiro atoms. The predicted octanol–water partition coefficient (Wildman–Crippen LogP) is 2.03. The zero-order valence-electron chi connectivity index (χ0n) is 13.2. The maximum absolute atomic E-state index is 12.0. The minimum absolute atomic E-state index is 0.00722. The Morgan fingerprint density at radius 3 is 2.61 bits per heavy atom. The van der Waals surface area contributed by atoms with E-state index in [1.165, 1.54) is 6.26 Å². The average molecular weight is 324 g/mol. The summed E-state index contributed by atoms with van der Waals surface area (Å²) >= 11 is 0. The van der Waals surface area contributed by atoms with Gasteiger partial charge >= 0.3 is 12.0 Å². The molecule has 1 fully saturated rings. The maximum atomic E-state index is 12.0. The molecule has 0 aliphatic heterocycles. The standard InChI is InChI=1S/C16H24N2O5/c1-10(9-13(19)14-3-2-8-23-14)17-16(22)18-12-6-4-11(5-7-12)15(20)21/h2-3,8,10-13,19H,4-7,9H2,1H3,(H,20,21)(H2,17,18,22). The molecule has 2 unspecified atom stereocenters. The van der Waals surface area contributed by atoms with Crippen LogP contribution in [0.5, 0.6) is 0 Å². The molecule has 0 aromatic carbocycles. The van der Waals surface area contributed by atoms with E-state index in [9.17, 15) is 14.7 Å². The van der Waals surface area contributed by atoms with Crippen LogP contribution in [0.1, 0.15) is 50.9 Å². The Kier molecular flexibility index (Phi) is 6.04. The summed E-state index contributed by atoms with van der Waals surface area (Å²) in [6.45, 7) is 1.81. The van der Waals surface area contributed by atoms with Crippen molar-refractivity contribution in [3.8, 4) is 0 Å². The maximum Gasteiger partial charge on any atom is 0.315 e. The van der Waals surface area contributed by atoms with Gasteiger partial charge in [-0.3, -0.25) is 4.79 Å². The fourth-order valence-corrected chi connectivity index (χ4v) is 2.93. The van der Waals surface area contributed by atoms with Crippen molar-refractivity contribution in [2.45, 2.75) is 57.2 Å². The van der Waals surface area contributed by atoms with Gasteiger partial charge in [0.1, 0.15) is 11.9 Å². The molecule has 2 rings (SSSR count). The van der Waals surface area contributed by atoms with Crippen molar-refractivity contribution >= 4 is 12.0 Å². The molecule has 1 aliphatic rings. The molecular formula is C16H24N2O5. The minimum Gasteiger partial charge on any atom is -0.481 e. The predicted molar refractivity (Wildman–Crippen MR) is 82.8 cm³/mol. The number of amides is 2. The number of nitrogens with one attached hydrogen (secondary N) is 2. The van der Waals surface area contributed by atoms with E-state index in [1.54, 1.807) is 12.1 Å². The third-order valence-corrected chi connectivity index (χ3v) is 4.24. The van der Waals surface area contributed by atoms with Crippen LogP contribution in [0.25, 0.3) is 0 Å². The SMILES string of the molecule is CC(CC(O)c1ccco1)NC(=O)NC1CCC(C(=O)O)CC1. The van der Waals surface area contributed by atoms with E-state index in [2.05, 4.69) is 10.6 Å². The van der Waals surface area contributed by atoms with Crippen LogP contribution in [-0.4, -0.2) is 34.3 Å². The molecule has 2 atom stereocenters. The van der Waals surface area contributed by atoms with E-state index in [0.29, 0.717) is 37.9 Å². The van der Waals surface area contributed by atoms with Crippen LogP contribution < -0.4 is 10.6 Å². The second kappa shape index (κ2) is 8.01. The van der Waals surface area contributed by atoms with E-state index >= 15 is 0 Å². The van der Waals surface area contributed by atoms with E-state index in [1.807, 2.05) is 6.92 Å². The van der Waals surface area contributed by atoms with Crippen molar-refractivity contribution in [1.29, 1.82) is 0 Å². The topological polar surface area (TPSA) is 112 Å². The fourth-order valence-electron chi connectivity index (χ4n) is 2.93. The van der Waals surface area contributed by atoms with E-state index < -0.39 is 12.1 Å². The summed E-state index contributed by atoms with van der Waals surface area (Å²) < 4.78 is 5.13. The van der Waals surface area contributed by atoms with Crippen molar-refractivity contribution in [2.24, 2.45) is 5.92 Å². The summed E-state index contributed by atoms with van der Waals surface area (Å²) in [7, 11) is 0. The Hall–Kier alpha value is -2.02. The van der Waals surface area contributed by atoms with Gasteiger partial charge in [0.2, 0.25) is 0 Å². The number of urea groups is 1. The third-order valence-electron chi connectivity index (χ3n) is 4.24. The molecule has 1 saturated carbocycles. The van der Waals surface area contributed by atoms with Crippen molar-refractivity contribution in [1.82, 2.24) is 10.6 Å². The van der Waals surface area contributed by atoms with E-state index in [-0.39, 0.29) is 24.0 Å². The summed E-state index contributed by atoms with van der Waals surface area (Å²) in [5, 5.41) is 24.6. The van der Waals surface area contributed by atoms with Crippen LogP contribution in [-0.2, 0) is 4.79 Å². The van der Waals surface area contributed by atoms with Gasteiger partial charge in [-0.25, -0.2) is 4.79 Å². The van der Waals surface area contributed by atoms with Crippen LogP contribution in [0.2, 0.25) is 0 Å². The molecule has 0 radical (unpaired) electrons. The van der Waals surface area contributed by atoms with Crippen molar-refractivity contribution in [3.05, 3.63) is 24.2 Å². The summed E-state index contributed by atoms with van der Waals surface area (Å²) in [5.41, 5.74) is 0. The summed E-state index contributed by atoms with van der Waals surface area (Å²) in [6, 6.07) is 2.90. The first-order valence-electron chi connectivity index (χ1n) is 7.97. The highest BCUT2D eigenvalue weighted by Gasteiger charge is 2.27. The van der Waals surface area contributed by atoms with Gasteiger partial charge in [-0.05, 0) is 44.7 Å². The van der Waals surface area contributed by atoms with Crippen LogP contribution in [0, 0.1) is 5.92 Å². The van der Waals surface area contributed by atoms with Crippen molar-refractivity contribution < 1.29 is 24.2 Å². The number of aliphatic hydroxyl groups excluding tert-OH is 1. The number of carbonyl (C=O) groups is 2. The Morgan fingerprint density at radius 1 is 1.35 bits per heavy atom. The van der Waals surface area contributed by atoms with Crippen LogP contribution in [0.15, 0.2) is 22.8 Å². The molecule has 1 heterocycles. The number of carbonyl (C=O) groups excluding carboxylic acids is 1. The number of aliphatic carboxylic acids is 1. The molecule has 128 valence electrons. The zero-order chi connectivity index (χ0) is 16.8. The largest absolute Gasteiger partial charge is 0.481 e. The molecule has 4 N–H and O–H groups in total. The molecular weight excluding hydrogens is 300 g/mol. The molecule has 1 aromatic heterocycles. The Balaban J connectivity index is 1.69. The molecule has 7 heteroatoms. The first-order chi connectivity index (χ1) is 11.0. The monoisotopic (exact) mass is 324 g/mol. The summed E-state index contributed by atoms with van der Waals surface area (Å²) in [4.78, 5) is 22.9. The highest BCUT2D eigenvalue weighted by atomic mass is 16.4. The first kappa shape index (κ1) is 17.3. The van der Waals surface area contributed by atoms with Gasteiger partial charge in [-0.1, -0.05) is 0 Å². The van der Waals surface area contributed by atoms with Crippen molar-refractivity contribution in [3.63, 3.8) is 0 Å². The molecule has 2 amide bonds. The zero-order valence-corrected chi connectivity index (χ0v) is 13.2. The van der Waals surface area contributed by atoms with Gasteiger partial charge in [0.15, 0.2) is 0 Å².